The van der Waals surface area contributed by atoms with E-state index in [4.69, 9.17) is 12.2 Å². The largest absolute Gasteiger partial charge is 0.493 e. The van der Waals surface area contributed by atoms with Gasteiger partial charge >= 0.3 is 0 Å². The van der Waals surface area contributed by atoms with Crippen molar-refractivity contribution in [2.75, 3.05) is 18.4 Å². The summed E-state index contributed by atoms with van der Waals surface area (Å²) in [6.45, 7) is 6.57. The lowest BCUT2D eigenvalue weighted by Crippen LogP contribution is -2.25. The zero-order valence-electron chi connectivity index (χ0n) is 15.9. The smallest absolute Gasteiger partial charge is 0.221 e. The Bertz CT molecular complexity index is 954. The highest BCUT2D eigenvalue weighted by molar-refractivity contribution is 7.80. The third-order valence-electron chi connectivity index (χ3n) is 4.42. The van der Waals surface area contributed by atoms with Crippen LogP contribution in [0.4, 0.5) is 11.4 Å². The molecule has 0 spiro atoms. The van der Waals surface area contributed by atoms with Crippen molar-refractivity contribution >= 4 is 52.0 Å². The molecule has 0 saturated carbocycles. The molecule has 28 heavy (non-hydrogen) atoms. The minimum Gasteiger partial charge on any atom is -0.493 e. The Morgan fingerprint density at radius 1 is 1.07 bits per heavy atom. The molecule has 2 N–H and O–H groups in total. The average Bonchev–Trinajstić information content (AvgIpc) is 2.96. The van der Waals surface area contributed by atoms with Gasteiger partial charge < -0.3 is 10.4 Å². The standard InChI is InChI=1S/C20H23N5OS.ClH/c1-3-24(4-2)14-25-17-13-9-8-12-16(17)18(19(25)26)22-23-20(27)21-15-10-6-5-7-11-15;/h5-13,26H,3-4,14H2,1-2H3,(H,21,27);1H. The zero-order chi connectivity index (χ0) is 19.2. The molecule has 0 radical (unpaired) electrons. The van der Waals surface area contributed by atoms with Crippen LogP contribution in [0.15, 0.2) is 64.8 Å². The number of hydrogen-bond donors (Lipinski definition) is 2. The average molecular weight is 418 g/mol. The van der Waals surface area contributed by atoms with E-state index in [9.17, 15) is 5.11 Å². The summed E-state index contributed by atoms with van der Waals surface area (Å²) in [7, 11) is 0. The van der Waals surface area contributed by atoms with Crippen LogP contribution in [-0.4, -0.2) is 32.8 Å². The van der Waals surface area contributed by atoms with Crippen LogP contribution >= 0.6 is 24.6 Å². The number of fused-ring (bicyclic) bond motifs is 1. The van der Waals surface area contributed by atoms with Crippen LogP contribution in [0.5, 0.6) is 5.88 Å². The minimum absolute atomic E-state index is 0. The Kier molecular flexibility index (Phi) is 7.92. The molecule has 148 valence electrons. The third kappa shape index (κ3) is 4.86. The minimum atomic E-state index is 0. The van der Waals surface area contributed by atoms with Crippen LogP contribution in [0.2, 0.25) is 0 Å². The van der Waals surface area contributed by atoms with Crippen molar-refractivity contribution < 1.29 is 5.11 Å². The summed E-state index contributed by atoms with van der Waals surface area (Å²) in [6.07, 6.45) is 0. The van der Waals surface area contributed by atoms with Gasteiger partial charge in [-0.05, 0) is 43.5 Å². The number of anilines is 1. The van der Waals surface area contributed by atoms with Gasteiger partial charge in [-0.25, -0.2) is 0 Å². The number of nitrogens with zero attached hydrogens (tertiary/aromatic N) is 4. The van der Waals surface area contributed by atoms with Gasteiger partial charge in [0.15, 0.2) is 5.69 Å². The van der Waals surface area contributed by atoms with E-state index in [-0.39, 0.29) is 23.4 Å². The van der Waals surface area contributed by atoms with E-state index in [0.29, 0.717) is 12.4 Å². The van der Waals surface area contributed by atoms with Crippen molar-refractivity contribution in [3.8, 4) is 5.88 Å². The second-order valence-corrected chi connectivity index (χ2v) is 6.44. The van der Waals surface area contributed by atoms with Crippen LogP contribution < -0.4 is 5.32 Å². The second-order valence-electron chi connectivity index (χ2n) is 6.06. The van der Waals surface area contributed by atoms with Crippen molar-refractivity contribution in [1.29, 1.82) is 0 Å². The quantitative estimate of drug-likeness (QED) is 0.407. The van der Waals surface area contributed by atoms with Crippen LogP contribution in [0, 0.1) is 0 Å². The highest BCUT2D eigenvalue weighted by atomic mass is 35.5. The molecule has 0 atom stereocenters. The number of aromatic nitrogens is 1. The van der Waals surface area contributed by atoms with Gasteiger partial charge in [0.05, 0.1) is 12.2 Å². The molecule has 3 rings (SSSR count). The van der Waals surface area contributed by atoms with Gasteiger partial charge in [0, 0.05) is 11.1 Å². The monoisotopic (exact) mass is 417 g/mol. The molecule has 8 heteroatoms. The van der Waals surface area contributed by atoms with Crippen LogP contribution in [0.25, 0.3) is 10.9 Å². The summed E-state index contributed by atoms with van der Waals surface area (Å²) in [5.74, 6) is 0.0920. The summed E-state index contributed by atoms with van der Waals surface area (Å²) in [6, 6.07) is 17.3. The number of thiocarbonyl (C=S) groups is 1. The van der Waals surface area contributed by atoms with Crippen molar-refractivity contribution in [2.24, 2.45) is 10.2 Å². The summed E-state index contributed by atoms with van der Waals surface area (Å²) < 4.78 is 1.85. The molecule has 1 aromatic heterocycles. The number of benzene rings is 2. The lowest BCUT2D eigenvalue weighted by Gasteiger charge is -2.19. The molecule has 0 saturated heterocycles. The number of hydrogen-bond acceptors (Lipinski definition) is 4. The summed E-state index contributed by atoms with van der Waals surface area (Å²) in [5.41, 5.74) is 2.18. The molecule has 0 bridgehead atoms. The first kappa shape index (κ1) is 21.8. The molecule has 0 unspecified atom stereocenters. The van der Waals surface area contributed by atoms with Crippen molar-refractivity contribution in [3.05, 3.63) is 54.6 Å². The second kappa shape index (κ2) is 10.2. The van der Waals surface area contributed by atoms with Crippen molar-refractivity contribution in [2.45, 2.75) is 20.5 Å². The molecule has 2 aromatic carbocycles. The zero-order valence-corrected chi connectivity index (χ0v) is 17.5. The normalized spacial score (nSPS) is 11.1. The lowest BCUT2D eigenvalue weighted by atomic mass is 10.2. The Labute approximate surface area is 176 Å². The maximum absolute atomic E-state index is 10.8. The number of para-hydroxylation sites is 2. The van der Waals surface area contributed by atoms with Crippen molar-refractivity contribution in [3.63, 3.8) is 0 Å². The van der Waals surface area contributed by atoms with E-state index in [2.05, 4.69) is 34.3 Å². The molecular formula is C20H24ClN5OS. The first-order chi connectivity index (χ1) is 13.1. The van der Waals surface area contributed by atoms with Crippen LogP contribution in [-0.2, 0) is 6.67 Å². The molecule has 0 fully saturated rings. The highest BCUT2D eigenvalue weighted by Gasteiger charge is 2.17. The fraction of sp³-hybridized carbons (Fsp3) is 0.250. The van der Waals surface area contributed by atoms with E-state index in [1.165, 1.54) is 0 Å². The molecule has 0 amide bonds. The van der Waals surface area contributed by atoms with E-state index in [0.717, 1.165) is 29.7 Å². The molecule has 0 aliphatic heterocycles. The molecule has 6 nitrogen and oxygen atoms in total. The van der Waals surface area contributed by atoms with Gasteiger partial charge in [-0.3, -0.25) is 9.47 Å². The van der Waals surface area contributed by atoms with Gasteiger partial charge in [0.25, 0.3) is 0 Å². The number of aromatic hydroxyl groups is 1. The molecule has 3 aromatic rings. The fourth-order valence-electron chi connectivity index (χ4n) is 2.90. The summed E-state index contributed by atoms with van der Waals surface area (Å²) in [4.78, 5) is 2.22. The molecule has 0 aliphatic carbocycles. The van der Waals surface area contributed by atoms with Gasteiger partial charge in [0.1, 0.15) is 0 Å². The topological polar surface area (TPSA) is 65.1 Å². The number of nitrogens with one attached hydrogen (secondary N) is 1. The summed E-state index contributed by atoms with van der Waals surface area (Å²) in [5, 5.41) is 23.2. The molecule has 1 heterocycles. The van der Waals surface area contributed by atoms with E-state index in [1.807, 2.05) is 59.2 Å². The first-order valence-electron chi connectivity index (χ1n) is 8.94. The maximum Gasteiger partial charge on any atom is 0.221 e. The Morgan fingerprint density at radius 3 is 2.39 bits per heavy atom. The number of azo groups is 1. The lowest BCUT2D eigenvalue weighted by molar-refractivity contribution is 0.233. The van der Waals surface area contributed by atoms with Crippen LogP contribution in [0.3, 0.4) is 0 Å². The van der Waals surface area contributed by atoms with Crippen molar-refractivity contribution in [1.82, 2.24) is 9.47 Å². The van der Waals surface area contributed by atoms with E-state index < -0.39 is 0 Å². The SMILES string of the molecule is CCN(CC)Cn1c(O)c(N=NC(=S)Nc2ccccc2)c2ccccc21.Cl. The van der Waals surface area contributed by atoms with E-state index >= 15 is 0 Å². The first-order valence-corrected chi connectivity index (χ1v) is 9.35. The van der Waals surface area contributed by atoms with Gasteiger partial charge in [-0.2, -0.15) is 0 Å². The molecular weight excluding hydrogens is 394 g/mol. The molecule has 0 aliphatic rings. The van der Waals surface area contributed by atoms with Gasteiger partial charge in [0.2, 0.25) is 11.0 Å². The Hall–Kier alpha value is -2.48. The number of halogens is 1. The maximum atomic E-state index is 10.8. The Morgan fingerprint density at radius 2 is 1.71 bits per heavy atom. The van der Waals surface area contributed by atoms with Gasteiger partial charge in [-0.1, -0.05) is 50.2 Å². The van der Waals surface area contributed by atoms with E-state index in [1.54, 1.807) is 0 Å². The van der Waals surface area contributed by atoms with Gasteiger partial charge in [-0.15, -0.1) is 22.6 Å². The fourth-order valence-corrected chi connectivity index (χ4v) is 3.06. The highest BCUT2D eigenvalue weighted by Crippen LogP contribution is 2.38. The summed E-state index contributed by atoms with van der Waals surface area (Å²) >= 11 is 5.25. The van der Waals surface area contributed by atoms with Crippen LogP contribution in [0.1, 0.15) is 13.8 Å². The predicted molar refractivity (Wildman–Crippen MR) is 121 cm³/mol. The third-order valence-corrected chi connectivity index (χ3v) is 4.60. The number of rotatable bonds is 6. The Balaban J connectivity index is 0.00000280. The predicted octanol–water partition coefficient (Wildman–Crippen LogP) is 5.55.